The number of ether oxygens (including phenoxy) is 1. The molecule has 126 valence electrons. The van der Waals surface area contributed by atoms with Gasteiger partial charge in [0.15, 0.2) is 0 Å². The number of piperidine rings is 1. The average Bonchev–Trinajstić information content (AvgIpc) is 2.67. The van der Waals surface area contributed by atoms with E-state index >= 15 is 0 Å². The van der Waals surface area contributed by atoms with Crippen molar-refractivity contribution in [2.45, 2.75) is 19.4 Å². The summed E-state index contributed by atoms with van der Waals surface area (Å²) in [5, 5.41) is 0. The number of amides is 1. The van der Waals surface area contributed by atoms with Gasteiger partial charge in [0, 0.05) is 18.7 Å². The molecule has 1 fully saturated rings. The molecule has 3 rings (SSSR count). The van der Waals surface area contributed by atoms with Gasteiger partial charge in [-0.25, -0.2) is 0 Å². The van der Waals surface area contributed by atoms with Crippen LogP contribution < -0.4 is 10.5 Å². The lowest BCUT2D eigenvalue weighted by atomic mass is 9.97. The van der Waals surface area contributed by atoms with Crippen LogP contribution in [0.3, 0.4) is 0 Å². The van der Waals surface area contributed by atoms with E-state index in [0.29, 0.717) is 24.6 Å². The van der Waals surface area contributed by atoms with Crippen LogP contribution in [-0.4, -0.2) is 30.4 Å². The van der Waals surface area contributed by atoms with E-state index in [0.717, 1.165) is 37.2 Å². The number of hydrogen-bond donors (Lipinski definition) is 1. The second-order valence-corrected chi connectivity index (χ2v) is 6.29. The highest BCUT2D eigenvalue weighted by atomic mass is 16.5. The molecule has 1 heterocycles. The van der Waals surface area contributed by atoms with E-state index in [9.17, 15) is 4.79 Å². The highest BCUT2D eigenvalue weighted by Gasteiger charge is 2.23. The zero-order valence-electron chi connectivity index (χ0n) is 13.9. The maximum atomic E-state index is 12.6. The number of nitrogens with zero attached hydrogens (tertiary/aromatic N) is 1. The minimum atomic E-state index is 0.0859. The minimum Gasteiger partial charge on any atom is -0.489 e. The van der Waals surface area contributed by atoms with Crippen molar-refractivity contribution in [2.75, 3.05) is 19.6 Å². The lowest BCUT2D eigenvalue weighted by Gasteiger charge is -2.32. The number of rotatable bonds is 5. The zero-order chi connectivity index (χ0) is 16.8. The number of nitrogens with two attached hydrogens (primary N) is 1. The molecule has 1 amide bonds. The normalized spacial score (nSPS) is 17.5. The van der Waals surface area contributed by atoms with Crippen molar-refractivity contribution in [3.63, 3.8) is 0 Å². The maximum absolute atomic E-state index is 12.6. The van der Waals surface area contributed by atoms with E-state index in [1.807, 2.05) is 59.5 Å². The first kappa shape index (κ1) is 16.5. The average molecular weight is 324 g/mol. The van der Waals surface area contributed by atoms with Gasteiger partial charge in [0.2, 0.25) is 0 Å². The molecule has 1 aliphatic rings. The van der Waals surface area contributed by atoms with Gasteiger partial charge in [-0.05, 0) is 55.1 Å². The molecular formula is C20H24N2O2. The molecule has 0 saturated carbocycles. The Balaban J connectivity index is 1.58. The Morgan fingerprint density at radius 3 is 2.58 bits per heavy atom. The standard InChI is InChI=1S/C20H24N2O2/c21-13-17-7-4-12-22(14-17)20(23)18-8-10-19(11-9-18)24-15-16-5-2-1-3-6-16/h1-3,5-6,8-11,17H,4,7,12-15,21H2. The second-order valence-electron chi connectivity index (χ2n) is 6.29. The van der Waals surface area contributed by atoms with Crippen LogP contribution in [0.25, 0.3) is 0 Å². The van der Waals surface area contributed by atoms with Gasteiger partial charge in [0.05, 0.1) is 0 Å². The predicted molar refractivity (Wildman–Crippen MR) is 94.9 cm³/mol. The fourth-order valence-corrected chi connectivity index (χ4v) is 3.06. The summed E-state index contributed by atoms with van der Waals surface area (Å²) in [5.74, 6) is 1.29. The van der Waals surface area contributed by atoms with Gasteiger partial charge in [-0.3, -0.25) is 4.79 Å². The van der Waals surface area contributed by atoms with E-state index < -0.39 is 0 Å². The van der Waals surface area contributed by atoms with E-state index in [-0.39, 0.29) is 5.91 Å². The number of hydrogen-bond acceptors (Lipinski definition) is 3. The van der Waals surface area contributed by atoms with Crippen molar-refractivity contribution in [2.24, 2.45) is 11.7 Å². The van der Waals surface area contributed by atoms with E-state index in [1.165, 1.54) is 0 Å². The Hall–Kier alpha value is -2.33. The SMILES string of the molecule is NCC1CCCN(C(=O)c2ccc(OCc3ccccc3)cc2)C1. The van der Waals surface area contributed by atoms with Crippen LogP contribution in [0.2, 0.25) is 0 Å². The zero-order valence-corrected chi connectivity index (χ0v) is 13.9. The van der Waals surface area contributed by atoms with Gasteiger partial charge in [-0.2, -0.15) is 0 Å². The van der Waals surface area contributed by atoms with Crippen molar-refractivity contribution in [3.8, 4) is 5.75 Å². The molecule has 0 aliphatic carbocycles. The van der Waals surface area contributed by atoms with Gasteiger partial charge < -0.3 is 15.4 Å². The molecule has 1 saturated heterocycles. The fourth-order valence-electron chi connectivity index (χ4n) is 3.06. The third-order valence-electron chi connectivity index (χ3n) is 4.49. The summed E-state index contributed by atoms with van der Waals surface area (Å²) in [6.45, 7) is 2.76. The predicted octanol–water partition coefficient (Wildman–Crippen LogP) is 3.08. The van der Waals surface area contributed by atoms with Crippen molar-refractivity contribution in [1.29, 1.82) is 0 Å². The van der Waals surface area contributed by atoms with Crippen LogP contribution in [0.4, 0.5) is 0 Å². The third kappa shape index (κ3) is 4.15. The summed E-state index contributed by atoms with van der Waals surface area (Å²) in [7, 11) is 0. The van der Waals surface area contributed by atoms with Crippen LogP contribution in [0.5, 0.6) is 5.75 Å². The highest BCUT2D eigenvalue weighted by molar-refractivity contribution is 5.94. The van der Waals surface area contributed by atoms with Gasteiger partial charge >= 0.3 is 0 Å². The molecule has 2 aromatic carbocycles. The Labute approximate surface area is 143 Å². The summed E-state index contributed by atoms with van der Waals surface area (Å²) in [6, 6.07) is 17.4. The molecule has 0 spiro atoms. The molecule has 0 radical (unpaired) electrons. The van der Waals surface area contributed by atoms with E-state index in [1.54, 1.807) is 0 Å². The van der Waals surface area contributed by atoms with Crippen molar-refractivity contribution in [1.82, 2.24) is 4.90 Å². The van der Waals surface area contributed by atoms with Gasteiger partial charge in [-0.1, -0.05) is 30.3 Å². The van der Waals surface area contributed by atoms with Crippen molar-refractivity contribution < 1.29 is 9.53 Å². The topological polar surface area (TPSA) is 55.6 Å². The smallest absolute Gasteiger partial charge is 0.253 e. The summed E-state index contributed by atoms with van der Waals surface area (Å²) in [5.41, 5.74) is 7.58. The highest BCUT2D eigenvalue weighted by Crippen LogP contribution is 2.20. The molecule has 2 aromatic rings. The van der Waals surface area contributed by atoms with Crippen LogP contribution in [0.1, 0.15) is 28.8 Å². The Morgan fingerprint density at radius 2 is 1.88 bits per heavy atom. The summed E-state index contributed by atoms with van der Waals surface area (Å²) in [6.07, 6.45) is 2.15. The van der Waals surface area contributed by atoms with Crippen LogP contribution in [0.15, 0.2) is 54.6 Å². The molecule has 4 heteroatoms. The van der Waals surface area contributed by atoms with Gasteiger partial charge in [0.25, 0.3) is 5.91 Å². The number of likely N-dealkylation sites (tertiary alicyclic amines) is 1. The Morgan fingerprint density at radius 1 is 1.12 bits per heavy atom. The molecule has 1 atom stereocenters. The number of benzene rings is 2. The molecule has 0 bridgehead atoms. The van der Waals surface area contributed by atoms with Crippen LogP contribution in [-0.2, 0) is 6.61 Å². The van der Waals surface area contributed by atoms with E-state index in [2.05, 4.69) is 0 Å². The van der Waals surface area contributed by atoms with Crippen LogP contribution in [0, 0.1) is 5.92 Å². The molecule has 0 aromatic heterocycles. The first-order valence-corrected chi connectivity index (χ1v) is 8.52. The van der Waals surface area contributed by atoms with Crippen LogP contribution >= 0.6 is 0 Å². The fraction of sp³-hybridized carbons (Fsp3) is 0.350. The quantitative estimate of drug-likeness (QED) is 0.919. The lowest BCUT2D eigenvalue weighted by Crippen LogP contribution is -2.42. The number of carbonyl (C=O) groups excluding carboxylic acids is 1. The van der Waals surface area contributed by atoms with E-state index in [4.69, 9.17) is 10.5 Å². The summed E-state index contributed by atoms with van der Waals surface area (Å²) in [4.78, 5) is 14.5. The van der Waals surface area contributed by atoms with Gasteiger partial charge in [0.1, 0.15) is 12.4 Å². The molecule has 2 N–H and O–H groups in total. The lowest BCUT2D eigenvalue weighted by molar-refractivity contribution is 0.0678. The maximum Gasteiger partial charge on any atom is 0.253 e. The first-order valence-electron chi connectivity index (χ1n) is 8.52. The summed E-state index contributed by atoms with van der Waals surface area (Å²) >= 11 is 0. The molecule has 1 aliphatic heterocycles. The second kappa shape index (κ2) is 7.97. The van der Waals surface area contributed by atoms with Gasteiger partial charge in [-0.15, -0.1) is 0 Å². The molecule has 4 nitrogen and oxygen atoms in total. The van der Waals surface area contributed by atoms with Crippen molar-refractivity contribution in [3.05, 3.63) is 65.7 Å². The number of carbonyl (C=O) groups is 1. The molecular weight excluding hydrogens is 300 g/mol. The summed E-state index contributed by atoms with van der Waals surface area (Å²) < 4.78 is 5.77. The largest absolute Gasteiger partial charge is 0.489 e. The third-order valence-corrected chi connectivity index (χ3v) is 4.49. The first-order chi connectivity index (χ1) is 11.8. The Bertz CT molecular complexity index is 655. The monoisotopic (exact) mass is 324 g/mol. The molecule has 24 heavy (non-hydrogen) atoms. The Kier molecular flexibility index (Phi) is 5.49. The molecule has 1 unspecified atom stereocenters. The minimum absolute atomic E-state index is 0.0859. The van der Waals surface area contributed by atoms with Crippen molar-refractivity contribution >= 4 is 5.91 Å².